The molecule has 4 aromatic rings. The monoisotopic (exact) mass is 490 g/mol. The number of ether oxygens (including phenoxy) is 2. The van der Waals surface area contributed by atoms with E-state index in [1.54, 1.807) is 48.7 Å². The van der Waals surface area contributed by atoms with E-state index in [1.807, 2.05) is 26.0 Å². The Morgan fingerprint density at radius 2 is 1.80 bits per heavy atom. The van der Waals surface area contributed by atoms with Gasteiger partial charge in [0.15, 0.2) is 5.82 Å². The van der Waals surface area contributed by atoms with Gasteiger partial charge in [0.05, 0.1) is 17.2 Å². The molecule has 2 amide bonds. The molecule has 0 aliphatic heterocycles. The SMILES string of the molecule is CCOc1cccc(NC(=O)Nc2ccc(Oc3ncccc3-c3ncnc(CC)n3)c(Cl)c2)c1. The Balaban J connectivity index is 1.47. The van der Waals surface area contributed by atoms with Crippen LogP contribution in [-0.4, -0.2) is 32.6 Å². The van der Waals surface area contributed by atoms with E-state index in [9.17, 15) is 4.79 Å². The molecule has 0 aliphatic carbocycles. The van der Waals surface area contributed by atoms with Crippen LogP contribution in [0.15, 0.2) is 67.1 Å². The van der Waals surface area contributed by atoms with E-state index in [1.165, 1.54) is 6.33 Å². The molecule has 0 fully saturated rings. The number of benzene rings is 2. The first-order chi connectivity index (χ1) is 17.1. The molecule has 4 rings (SSSR count). The lowest BCUT2D eigenvalue weighted by Gasteiger charge is -2.12. The van der Waals surface area contributed by atoms with Gasteiger partial charge in [0.25, 0.3) is 0 Å². The Morgan fingerprint density at radius 3 is 2.57 bits per heavy atom. The first kappa shape index (κ1) is 23.9. The van der Waals surface area contributed by atoms with Crippen LogP contribution in [0.2, 0.25) is 5.02 Å². The molecule has 9 nitrogen and oxygen atoms in total. The fourth-order valence-corrected chi connectivity index (χ4v) is 3.38. The van der Waals surface area contributed by atoms with Crippen molar-refractivity contribution in [2.75, 3.05) is 17.2 Å². The van der Waals surface area contributed by atoms with Crippen LogP contribution in [-0.2, 0) is 6.42 Å². The second-order valence-electron chi connectivity index (χ2n) is 7.22. The maximum atomic E-state index is 12.4. The van der Waals surface area contributed by atoms with Crippen molar-refractivity contribution in [2.24, 2.45) is 0 Å². The van der Waals surface area contributed by atoms with Crippen molar-refractivity contribution in [2.45, 2.75) is 20.3 Å². The van der Waals surface area contributed by atoms with E-state index in [2.05, 4.69) is 30.6 Å². The molecule has 2 N–H and O–H groups in total. The van der Waals surface area contributed by atoms with Gasteiger partial charge in [-0.2, -0.15) is 0 Å². The van der Waals surface area contributed by atoms with E-state index in [0.29, 0.717) is 64.0 Å². The van der Waals surface area contributed by atoms with Crippen molar-refractivity contribution in [3.63, 3.8) is 0 Å². The predicted molar refractivity (Wildman–Crippen MR) is 134 cm³/mol. The second-order valence-corrected chi connectivity index (χ2v) is 7.63. The van der Waals surface area contributed by atoms with Crippen LogP contribution in [0.1, 0.15) is 19.7 Å². The van der Waals surface area contributed by atoms with Crippen molar-refractivity contribution >= 4 is 29.0 Å². The molecule has 0 atom stereocenters. The number of nitrogens with one attached hydrogen (secondary N) is 2. The fraction of sp³-hybridized carbons (Fsp3) is 0.160. The topological polar surface area (TPSA) is 111 Å². The number of pyridine rings is 1. The first-order valence-corrected chi connectivity index (χ1v) is 11.3. The Bertz CT molecular complexity index is 1330. The summed E-state index contributed by atoms with van der Waals surface area (Å²) in [6, 6.07) is 15.2. The summed E-state index contributed by atoms with van der Waals surface area (Å²) < 4.78 is 11.4. The number of hydrogen-bond donors (Lipinski definition) is 2. The summed E-state index contributed by atoms with van der Waals surface area (Å²) in [6.07, 6.45) is 3.75. The number of rotatable bonds is 8. The van der Waals surface area contributed by atoms with Gasteiger partial charge in [-0.05, 0) is 49.4 Å². The fourth-order valence-electron chi connectivity index (χ4n) is 3.16. The number of aryl methyl sites for hydroxylation is 1. The van der Waals surface area contributed by atoms with Gasteiger partial charge >= 0.3 is 6.03 Å². The molecule has 2 aromatic heterocycles. The summed E-state index contributed by atoms with van der Waals surface area (Å²) in [5.74, 6) is 2.47. The van der Waals surface area contributed by atoms with E-state index < -0.39 is 6.03 Å². The van der Waals surface area contributed by atoms with Crippen molar-refractivity contribution < 1.29 is 14.3 Å². The largest absolute Gasteiger partial charge is 0.494 e. The lowest BCUT2D eigenvalue weighted by molar-refractivity contribution is 0.262. The van der Waals surface area contributed by atoms with E-state index >= 15 is 0 Å². The summed E-state index contributed by atoms with van der Waals surface area (Å²) in [7, 11) is 0. The van der Waals surface area contributed by atoms with Crippen molar-refractivity contribution in [3.8, 4) is 28.8 Å². The van der Waals surface area contributed by atoms with Gasteiger partial charge in [-0.25, -0.2) is 24.7 Å². The lowest BCUT2D eigenvalue weighted by atomic mass is 10.2. The molecule has 178 valence electrons. The molecule has 0 bridgehead atoms. The van der Waals surface area contributed by atoms with Crippen LogP contribution >= 0.6 is 11.6 Å². The third-order valence-electron chi connectivity index (χ3n) is 4.75. The third-order valence-corrected chi connectivity index (χ3v) is 5.04. The minimum Gasteiger partial charge on any atom is -0.494 e. The van der Waals surface area contributed by atoms with E-state index in [-0.39, 0.29) is 0 Å². The zero-order valence-electron chi connectivity index (χ0n) is 19.2. The zero-order chi connectivity index (χ0) is 24.6. The minimum absolute atomic E-state index is 0.294. The van der Waals surface area contributed by atoms with Crippen LogP contribution in [0.4, 0.5) is 16.2 Å². The molecule has 0 saturated carbocycles. The predicted octanol–water partition coefficient (Wildman–Crippen LogP) is 5.98. The van der Waals surface area contributed by atoms with Crippen LogP contribution in [0.3, 0.4) is 0 Å². The molecule has 35 heavy (non-hydrogen) atoms. The number of carbonyl (C=O) groups is 1. The van der Waals surface area contributed by atoms with Crippen molar-refractivity contribution in [3.05, 3.63) is 78.0 Å². The number of halogens is 1. The highest BCUT2D eigenvalue weighted by atomic mass is 35.5. The Morgan fingerprint density at radius 1 is 0.971 bits per heavy atom. The number of carbonyl (C=O) groups excluding carboxylic acids is 1. The van der Waals surface area contributed by atoms with Gasteiger partial charge in [-0.15, -0.1) is 0 Å². The maximum Gasteiger partial charge on any atom is 0.323 e. The van der Waals surface area contributed by atoms with Gasteiger partial charge in [0, 0.05) is 30.1 Å². The molecule has 2 aromatic carbocycles. The van der Waals surface area contributed by atoms with Gasteiger partial charge in [0.2, 0.25) is 5.88 Å². The molecule has 0 saturated heterocycles. The Labute approximate surface area is 207 Å². The van der Waals surface area contributed by atoms with Crippen LogP contribution in [0.25, 0.3) is 11.4 Å². The van der Waals surface area contributed by atoms with Gasteiger partial charge < -0.3 is 20.1 Å². The summed E-state index contributed by atoms with van der Waals surface area (Å²) in [5, 5.41) is 5.81. The van der Waals surface area contributed by atoms with E-state index in [4.69, 9.17) is 21.1 Å². The van der Waals surface area contributed by atoms with Crippen LogP contribution in [0.5, 0.6) is 17.4 Å². The molecular formula is C25H23ClN6O3. The normalized spacial score (nSPS) is 10.5. The number of nitrogens with zero attached hydrogens (tertiary/aromatic N) is 4. The highest BCUT2D eigenvalue weighted by molar-refractivity contribution is 6.32. The highest BCUT2D eigenvalue weighted by Gasteiger charge is 2.14. The number of hydrogen-bond acceptors (Lipinski definition) is 7. The third kappa shape index (κ3) is 6.21. The molecule has 0 unspecified atom stereocenters. The van der Waals surface area contributed by atoms with E-state index in [0.717, 1.165) is 0 Å². The molecule has 0 radical (unpaired) electrons. The summed E-state index contributed by atoms with van der Waals surface area (Å²) in [4.78, 5) is 29.6. The summed E-state index contributed by atoms with van der Waals surface area (Å²) in [5.41, 5.74) is 1.70. The smallest absolute Gasteiger partial charge is 0.323 e. The molecule has 2 heterocycles. The Hall–Kier alpha value is -4.24. The quantitative estimate of drug-likeness (QED) is 0.312. The van der Waals surface area contributed by atoms with Gasteiger partial charge in [-0.1, -0.05) is 24.6 Å². The average molecular weight is 491 g/mol. The molecule has 0 aliphatic rings. The van der Waals surface area contributed by atoms with Gasteiger partial charge in [-0.3, -0.25) is 0 Å². The maximum absolute atomic E-state index is 12.4. The zero-order valence-corrected chi connectivity index (χ0v) is 19.9. The number of anilines is 2. The Kier molecular flexibility index (Phi) is 7.69. The molecular weight excluding hydrogens is 468 g/mol. The van der Waals surface area contributed by atoms with Gasteiger partial charge in [0.1, 0.15) is 23.7 Å². The average Bonchev–Trinajstić information content (AvgIpc) is 2.86. The highest BCUT2D eigenvalue weighted by Crippen LogP contribution is 2.34. The van der Waals surface area contributed by atoms with Crippen molar-refractivity contribution in [1.29, 1.82) is 0 Å². The van der Waals surface area contributed by atoms with Crippen LogP contribution in [0, 0.1) is 0 Å². The molecule has 10 heteroatoms. The number of urea groups is 1. The number of amides is 2. The number of aromatic nitrogens is 4. The lowest BCUT2D eigenvalue weighted by Crippen LogP contribution is -2.19. The standard InChI is InChI=1S/C25H23ClN6O3/c1-3-22-28-15-29-23(32-22)19-9-6-12-27-24(19)35-21-11-10-17(14-20(21)26)31-25(33)30-16-7-5-8-18(13-16)34-4-2/h5-15H,3-4H2,1-2H3,(H2,30,31,33). The van der Waals surface area contributed by atoms with Crippen LogP contribution < -0.4 is 20.1 Å². The molecule has 0 spiro atoms. The summed E-state index contributed by atoms with van der Waals surface area (Å²) in [6.45, 7) is 4.40. The van der Waals surface area contributed by atoms with Crippen molar-refractivity contribution in [1.82, 2.24) is 19.9 Å². The first-order valence-electron chi connectivity index (χ1n) is 11.0. The minimum atomic E-state index is -0.419. The summed E-state index contributed by atoms with van der Waals surface area (Å²) >= 11 is 6.44. The second kappa shape index (κ2) is 11.3.